The predicted molar refractivity (Wildman–Crippen MR) is 95.0 cm³/mol. The number of fused-ring (bicyclic) bond motifs is 1. The number of carbonyl (C=O) groups is 3. The third-order valence-corrected chi connectivity index (χ3v) is 5.62. The fourth-order valence-electron chi connectivity index (χ4n) is 3.96. The molecule has 4 rings (SSSR count). The number of hydrogen-bond acceptors (Lipinski definition) is 4. The van der Waals surface area contributed by atoms with E-state index >= 15 is 0 Å². The summed E-state index contributed by atoms with van der Waals surface area (Å²) in [6.45, 7) is 1.59. The van der Waals surface area contributed by atoms with Crippen LogP contribution in [0.2, 0.25) is 0 Å². The van der Waals surface area contributed by atoms with E-state index in [-0.39, 0.29) is 35.7 Å². The van der Waals surface area contributed by atoms with Gasteiger partial charge < -0.3 is 9.73 Å². The van der Waals surface area contributed by atoms with Crippen molar-refractivity contribution in [2.24, 2.45) is 5.41 Å². The number of nitrogens with one attached hydrogen (secondary N) is 1. The van der Waals surface area contributed by atoms with Gasteiger partial charge in [0.05, 0.1) is 6.04 Å². The van der Waals surface area contributed by atoms with Crippen LogP contribution in [-0.2, 0) is 14.4 Å². The van der Waals surface area contributed by atoms with Crippen LogP contribution in [0, 0.1) is 5.41 Å². The molecule has 1 aliphatic heterocycles. The minimum Gasteiger partial charge on any atom is -0.459 e. The molecule has 1 N–H and O–H groups in total. The Morgan fingerprint density at radius 2 is 1.92 bits per heavy atom. The Bertz CT molecular complexity index is 828. The van der Waals surface area contributed by atoms with Crippen molar-refractivity contribution >= 4 is 28.7 Å². The zero-order valence-corrected chi connectivity index (χ0v) is 14.8. The van der Waals surface area contributed by atoms with Crippen molar-refractivity contribution in [1.29, 1.82) is 0 Å². The van der Waals surface area contributed by atoms with Crippen LogP contribution in [0.5, 0.6) is 0 Å². The highest BCUT2D eigenvalue weighted by Crippen LogP contribution is 2.49. The molecular weight excluding hydrogens is 332 g/mol. The first-order valence-corrected chi connectivity index (χ1v) is 9.07. The first-order valence-electron chi connectivity index (χ1n) is 9.07. The summed E-state index contributed by atoms with van der Waals surface area (Å²) in [4.78, 5) is 38.1. The van der Waals surface area contributed by atoms with Gasteiger partial charge in [0.1, 0.15) is 17.9 Å². The van der Waals surface area contributed by atoms with Crippen LogP contribution >= 0.6 is 0 Å². The third-order valence-electron chi connectivity index (χ3n) is 5.62. The molecule has 2 aromatic rings. The average Bonchev–Trinajstić information content (AvgIpc) is 3.01. The molecule has 1 spiro atoms. The molecule has 6 nitrogen and oxygen atoms in total. The van der Waals surface area contributed by atoms with Crippen molar-refractivity contribution in [3.63, 3.8) is 0 Å². The maximum Gasteiger partial charge on any atom is 0.240 e. The van der Waals surface area contributed by atoms with Gasteiger partial charge in [-0.25, -0.2) is 0 Å². The molecule has 2 heterocycles. The normalized spacial score (nSPS) is 20.3. The Hall–Kier alpha value is -2.63. The molecule has 1 saturated carbocycles. The summed E-state index contributed by atoms with van der Waals surface area (Å²) < 4.78 is 5.75. The largest absolute Gasteiger partial charge is 0.459 e. The summed E-state index contributed by atoms with van der Waals surface area (Å²) in [5.41, 5.74) is 0.638. The van der Waals surface area contributed by atoms with Gasteiger partial charge >= 0.3 is 0 Å². The van der Waals surface area contributed by atoms with Crippen LogP contribution in [0.15, 0.2) is 34.7 Å². The maximum absolute atomic E-state index is 12.3. The lowest BCUT2D eigenvalue weighted by Crippen LogP contribution is -2.53. The molecule has 6 heteroatoms. The second-order valence-electron chi connectivity index (χ2n) is 7.56. The molecule has 3 amide bonds. The number of piperidine rings is 1. The van der Waals surface area contributed by atoms with Gasteiger partial charge in [-0.15, -0.1) is 0 Å². The topological polar surface area (TPSA) is 79.6 Å². The zero-order chi connectivity index (χ0) is 18.3. The monoisotopic (exact) mass is 354 g/mol. The standard InChI is InChI=1S/C20H22N2O4/c1-13(16-9-14-5-2-3-6-15(14)26-16)21-17(23)12-22-18(24)10-20(7-4-8-20)11-19(22)25/h2-3,5-6,9,13H,4,7-8,10-12H2,1H3,(H,21,23). The number of hydrogen-bond donors (Lipinski definition) is 1. The van der Waals surface area contributed by atoms with Crippen LogP contribution in [0.25, 0.3) is 11.0 Å². The number of furan rings is 1. The Kier molecular flexibility index (Phi) is 4.05. The second kappa shape index (κ2) is 6.27. The molecule has 1 aromatic carbocycles. The van der Waals surface area contributed by atoms with Crippen LogP contribution in [0.4, 0.5) is 0 Å². The summed E-state index contributed by atoms with van der Waals surface area (Å²) in [5.74, 6) is -0.173. The number of imide groups is 1. The lowest BCUT2D eigenvalue weighted by molar-refractivity contribution is -0.158. The van der Waals surface area contributed by atoms with Crippen LogP contribution in [0.1, 0.15) is 50.8 Å². The molecular formula is C20H22N2O4. The molecule has 136 valence electrons. The Morgan fingerprint density at radius 3 is 2.54 bits per heavy atom. The van der Waals surface area contributed by atoms with Gasteiger partial charge in [0.15, 0.2) is 0 Å². The molecule has 1 saturated heterocycles. The fraction of sp³-hybridized carbons (Fsp3) is 0.450. The molecule has 1 atom stereocenters. The number of benzene rings is 1. The number of amides is 3. The SMILES string of the molecule is CC(NC(=O)CN1C(=O)CC2(CCC2)CC1=O)c1cc2ccccc2o1. The quantitative estimate of drug-likeness (QED) is 0.856. The maximum atomic E-state index is 12.3. The third kappa shape index (κ3) is 3.00. The zero-order valence-electron chi connectivity index (χ0n) is 14.8. The fourth-order valence-corrected chi connectivity index (χ4v) is 3.96. The number of likely N-dealkylation sites (tertiary alicyclic amines) is 1. The highest BCUT2D eigenvalue weighted by molar-refractivity contribution is 6.01. The van der Waals surface area contributed by atoms with Gasteiger partial charge in [-0.05, 0) is 37.3 Å². The van der Waals surface area contributed by atoms with Crippen molar-refractivity contribution in [3.05, 3.63) is 36.1 Å². The molecule has 0 bridgehead atoms. The Labute approximate surface area is 151 Å². The molecule has 1 aromatic heterocycles. The van der Waals surface area contributed by atoms with E-state index in [4.69, 9.17) is 4.42 Å². The van der Waals surface area contributed by atoms with Crippen LogP contribution < -0.4 is 5.32 Å². The molecule has 0 radical (unpaired) electrons. The number of rotatable bonds is 4. The summed E-state index contributed by atoms with van der Waals surface area (Å²) in [6.07, 6.45) is 3.72. The molecule has 2 fully saturated rings. The van der Waals surface area contributed by atoms with E-state index in [1.54, 1.807) is 0 Å². The van der Waals surface area contributed by atoms with Gasteiger partial charge in [-0.1, -0.05) is 24.6 Å². The van der Waals surface area contributed by atoms with E-state index in [1.165, 1.54) is 0 Å². The summed E-state index contributed by atoms with van der Waals surface area (Å²) in [7, 11) is 0. The van der Waals surface area contributed by atoms with E-state index < -0.39 is 0 Å². The summed E-state index contributed by atoms with van der Waals surface area (Å²) >= 11 is 0. The van der Waals surface area contributed by atoms with Crippen molar-refractivity contribution in [1.82, 2.24) is 10.2 Å². The average molecular weight is 354 g/mol. The van der Waals surface area contributed by atoms with Crippen molar-refractivity contribution in [2.75, 3.05) is 6.54 Å². The second-order valence-corrected chi connectivity index (χ2v) is 7.56. The van der Waals surface area contributed by atoms with E-state index in [1.807, 2.05) is 37.3 Å². The minimum atomic E-state index is -0.357. The first-order chi connectivity index (χ1) is 12.5. The Morgan fingerprint density at radius 1 is 1.23 bits per heavy atom. The smallest absolute Gasteiger partial charge is 0.240 e. The van der Waals surface area contributed by atoms with Gasteiger partial charge in [0.2, 0.25) is 17.7 Å². The molecule has 1 aliphatic carbocycles. The Balaban J connectivity index is 1.38. The van der Waals surface area contributed by atoms with Crippen LogP contribution in [-0.4, -0.2) is 29.2 Å². The van der Waals surface area contributed by atoms with Crippen LogP contribution in [0.3, 0.4) is 0 Å². The molecule has 26 heavy (non-hydrogen) atoms. The molecule has 1 unspecified atom stereocenters. The van der Waals surface area contributed by atoms with Crippen molar-refractivity contribution < 1.29 is 18.8 Å². The first kappa shape index (κ1) is 16.8. The summed E-state index contributed by atoms with van der Waals surface area (Å²) in [5, 5.41) is 3.78. The van der Waals surface area contributed by atoms with Gasteiger partial charge in [-0.2, -0.15) is 0 Å². The highest BCUT2D eigenvalue weighted by atomic mass is 16.3. The number of nitrogens with zero attached hydrogens (tertiary/aromatic N) is 1. The van der Waals surface area contributed by atoms with E-state index in [2.05, 4.69) is 5.32 Å². The lowest BCUT2D eigenvalue weighted by Gasteiger charge is -2.45. The minimum absolute atomic E-state index is 0.122. The van der Waals surface area contributed by atoms with Gasteiger partial charge in [0.25, 0.3) is 0 Å². The summed E-state index contributed by atoms with van der Waals surface area (Å²) in [6, 6.07) is 9.17. The van der Waals surface area contributed by atoms with E-state index in [0.717, 1.165) is 35.1 Å². The van der Waals surface area contributed by atoms with Gasteiger partial charge in [-0.3, -0.25) is 19.3 Å². The van der Waals surface area contributed by atoms with Gasteiger partial charge in [0, 0.05) is 18.2 Å². The number of carbonyl (C=O) groups excluding carboxylic acids is 3. The van der Waals surface area contributed by atoms with Crippen molar-refractivity contribution in [2.45, 2.75) is 45.1 Å². The van der Waals surface area contributed by atoms with E-state index in [0.29, 0.717) is 18.6 Å². The lowest BCUT2D eigenvalue weighted by atomic mass is 9.63. The predicted octanol–water partition coefficient (Wildman–Crippen LogP) is 2.93. The number of para-hydroxylation sites is 1. The van der Waals surface area contributed by atoms with Crippen molar-refractivity contribution in [3.8, 4) is 0 Å². The molecule has 2 aliphatic rings. The van der Waals surface area contributed by atoms with E-state index in [9.17, 15) is 14.4 Å². The highest BCUT2D eigenvalue weighted by Gasteiger charge is 2.47.